The topological polar surface area (TPSA) is 32.8 Å². The van der Waals surface area contributed by atoms with Crippen molar-refractivity contribution in [2.45, 2.75) is 18.6 Å². The van der Waals surface area contributed by atoms with Crippen molar-refractivity contribution < 1.29 is 9.53 Å². The summed E-state index contributed by atoms with van der Waals surface area (Å²) in [6.45, 7) is 3.69. The number of carbonyl (C=O) groups excluding carboxylic acids is 1. The third-order valence-corrected chi connectivity index (χ3v) is 3.05. The smallest absolute Gasteiger partial charge is 0.410 e. The largest absolute Gasteiger partial charge is 0.438 e. The standard InChI is InChI=1S/C8H14N2O2/c1-6-8(4-9(6)2)5-10(3)7(11)12-8/h6H,4-5H2,1-3H3. The van der Waals surface area contributed by atoms with E-state index in [1.165, 1.54) is 0 Å². The average Bonchev–Trinajstić information content (AvgIpc) is 2.30. The van der Waals surface area contributed by atoms with Crippen LogP contribution in [0.3, 0.4) is 0 Å². The molecule has 2 heterocycles. The Bertz CT molecular complexity index is 231. The molecule has 2 rings (SSSR count). The van der Waals surface area contributed by atoms with E-state index in [1.807, 2.05) is 7.05 Å². The van der Waals surface area contributed by atoms with Crippen LogP contribution in [-0.2, 0) is 4.74 Å². The lowest BCUT2D eigenvalue weighted by atomic mass is 9.85. The van der Waals surface area contributed by atoms with Crippen LogP contribution in [0, 0.1) is 0 Å². The summed E-state index contributed by atoms with van der Waals surface area (Å²) in [4.78, 5) is 14.9. The van der Waals surface area contributed by atoms with E-state index in [0.717, 1.165) is 13.1 Å². The molecule has 0 aromatic carbocycles. The maximum atomic E-state index is 11.1. The molecule has 2 saturated heterocycles. The summed E-state index contributed by atoms with van der Waals surface area (Å²) in [5.41, 5.74) is -0.208. The van der Waals surface area contributed by atoms with Gasteiger partial charge in [-0.25, -0.2) is 4.79 Å². The van der Waals surface area contributed by atoms with Gasteiger partial charge in [0.25, 0.3) is 0 Å². The molecule has 2 aliphatic heterocycles. The highest BCUT2D eigenvalue weighted by molar-refractivity contribution is 5.70. The minimum atomic E-state index is -0.208. The second kappa shape index (κ2) is 2.13. The molecule has 0 aliphatic carbocycles. The van der Waals surface area contributed by atoms with E-state index in [4.69, 9.17) is 4.74 Å². The zero-order valence-corrected chi connectivity index (χ0v) is 7.70. The molecule has 0 radical (unpaired) electrons. The van der Waals surface area contributed by atoms with Gasteiger partial charge in [-0.3, -0.25) is 4.90 Å². The van der Waals surface area contributed by atoms with Gasteiger partial charge < -0.3 is 9.64 Å². The minimum Gasteiger partial charge on any atom is -0.438 e. The molecule has 12 heavy (non-hydrogen) atoms. The Morgan fingerprint density at radius 3 is 2.50 bits per heavy atom. The molecule has 2 fully saturated rings. The molecule has 0 aromatic rings. The fourth-order valence-corrected chi connectivity index (χ4v) is 2.03. The summed E-state index contributed by atoms with van der Waals surface area (Å²) in [5.74, 6) is 0. The molecule has 0 aromatic heterocycles. The van der Waals surface area contributed by atoms with E-state index in [-0.39, 0.29) is 11.7 Å². The van der Waals surface area contributed by atoms with Crippen LogP contribution >= 0.6 is 0 Å². The number of carbonyl (C=O) groups is 1. The van der Waals surface area contributed by atoms with Crippen LogP contribution in [0.25, 0.3) is 0 Å². The van der Waals surface area contributed by atoms with Crippen molar-refractivity contribution in [3.8, 4) is 0 Å². The SMILES string of the molecule is CC1N(C)CC12CN(C)C(=O)O2. The van der Waals surface area contributed by atoms with Crippen LogP contribution in [0.4, 0.5) is 4.79 Å². The molecule has 4 heteroatoms. The van der Waals surface area contributed by atoms with Gasteiger partial charge in [0.1, 0.15) is 0 Å². The van der Waals surface area contributed by atoms with Crippen molar-refractivity contribution in [1.82, 2.24) is 9.80 Å². The third-order valence-electron chi connectivity index (χ3n) is 3.05. The van der Waals surface area contributed by atoms with Crippen molar-refractivity contribution >= 4 is 6.09 Å². The third kappa shape index (κ3) is 0.784. The Labute approximate surface area is 72.1 Å². The number of likely N-dealkylation sites (tertiary alicyclic amines) is 1. The van der Waals surface area contributed by atoms with E-state index in [0.29, 0.717) is 6.04 Å². The Kier molecular flexibility index (Phi) is 1.39. The van der Waals surface area contributed by atoms with Crippen molar-refractivity contribution in [1.29, 1.82) is 0 Å². The van der Waals surface area contributed by atoms with Crippen LogP contribution in [-0.4, -0.2) is 54.7 Å². The number of hydrogen-bond donors (Lipinski definition) is 0. The Morgan fingerprint density at radius 1 is 1.50 bits per heavy atom. The fraction of sp³-hybridized carbons (Fsp3) is 0.875. The molecule has 0 saturated carbocycles. The van der Waals surface area contributed by atoms with Crippen LogP contribution in [0.5, 0.6) is 0 Å². The quantitative estimate of drug-likeness (QED) is 0.518. The normalized spacial score (nSPS) is 41.8. The van der Waals surface area contributed by atoms with Gasteiger partial charge in [-0.15, -0.1) is 0 Å². The van der Waals surface area contributed by atoms with E-state index in [2.05, 4.69) is 11.8 Å². The van der Waals surface area contributed by atoms with Gasteiger partial charge in [-0.2, -0.15) is 0 Å². The predicted molar refractivity (Wildman–Crippen MR) is 43.9 cm³/mol. The second-order valence-electron chi connectivity index (χ2n) is 3.88. The summed E-state index contributed by atoms with van der Waals surface area (Å²) < 4.78 is 5.33. The zero-order valence-electron chi connectivity index (χ0n) is 7.70. The van der Waals surface area contributed by atoms with Gasteiger partial charge in [0.15, 0.2) is 5.60 Å². The van der Waals surface area contributed by atoms with Crippen molar-refractivity contribution in [3.63, 3.8) is 0 Å². The number of amides is 1. The predicted octanol–water partition coefficient (Wildman–Crippen LogP) is 0.141. The molecule has 1 spiro atoms. The highest BCUT2D eigenvalue weighted by Crippen LogP contribution is 2.36. The van der Waals surface area contributed by atoms with E-state index in [9.17, 15) is 4.79 Å². The van der Waals surface area contributed by atoms with Crippen molar-refractivity contribution in [2.24, 2.45) is 0 Å². The summed E-state index contributed by atoms with van der Waals surface area (Å²) >= 11 is 0. The van der Waals surface area contributed by atoms with Gasteiger partial charge in [-0.1, -0.05) is 0 Å². The molecule has 4 nitrogen and oxygen atoms in total. The summed E-state index contributed by atoms with van der Waals surface area (Å²) in [7, 11) is 3.82. The lowest BCUT2D eigenvalue weighted by Gasteiger charge is -2.50. The number of nitrogens with zero attached hydrogens (tertiary/aromatic N) is 2. The molecule has 0 N–H and O–H groups in total. The van der Waals surface area contributed by atoms with Crippen LogP contribution in [0.2, 0.25) is 0 Å². The highest BCUT2D eigenvalue weighted by atomic mass is 16.6. The van der Waals surface area contributed by atoms with Gasteiger partial charge in [0, 0.05) is 19.6 Å². The molecule has 68 valence electrons. The lowest BCUT2D eigenvalue weighted by Crippen LogP contribution is -2.68. The maximum absolute atomic E-state index is 11.1. The fourth-order valence-electron chi connectivity index (χ4n) is 2.03. The molecular formula is C8H14N2O2. The molecule has 2 aliphatic rings. The van der Waals surface area contributed by atoms with Crippen LogP contribution in [0.1, 0.15) is 6.92 Å². The Balaban J connectivity index is 2.12. The van der Waals surface area contributed by atoms with E-state index in [1.54, 1.807) is 11.9 Å². The van der Waals surface area contributed by atoms with Gasteiger partial charge in [0.2, 0.25) is 0 Å². The Morgan fingerprint density at radius 2 is 2.17 bits per heavy atom. The molecule has 0 bridgehead atoms. The number of rotatable bonds is 0. The monoisotopic (exact) mass is 170 g/mol. The van der Waals surface area contributed by atoms with E-state index < -0.39 is 0 Å². The molecule has 2 unspecified atom stereocenters. The number of ether oxygens (including phenoxy) is 1. The van der Waals surface area contributed by atoms with Gasteiger partial charge in [0.05, 0.1) is 6.54 Å². The Hall–Kier alpha value is -0.770. The van der Waals surface area contributed by atoms with Crippen molar-refractivity contribution in [2.75, 3.05) is 27.2 Å². The summed E-state index contributed by atoms with van der Waals surface area (Å²) in [5, 5.41) is 0. The maximum Gasteiger partial charge on any atom is 0.410 e. The first kappa shape index (κ1) is 7.86. The number of hydrogen-bond acceptors (Lipinski definition) is 3. The van der Waals surface area contributed by atoms with Gasteiger partial charge in [-0.05, 0) is 14.0 Å². The number of likely N-dealkylation sites (N-methyl/N-ethyl adjacent to an activating group) is 2. The summed E-state index contributed by atoms with van der Waals surface area (Å²) in [6, 6.07) is 0.353. The van der Waals surface area contributed by atoms with Crippen LogP contribution in [0.15, 0.2) is 0 Å². The first-order chi connectivity index (χ1) is 5.55. The lowest BCUT2D eigenvalue weighted by molar-refractivity contribution is -0.109. The zero-order chi connectivity index (χ0) is 8.93. The van der Waals surface area contributed by atoms with Gasteiger partial charge >= 0.3 is 6.09 Å². The van der Waals surface area contributed by atoms with Crippen molar-refractivity contribution in [3.05, 3.63) is 0 Å². The molecule has 1 amide bonds. The first-order valence-electron chi connectivity index (χ1n) is 4.19. The molecule has 2 atom stereocenters. The second-order valence-corrected chi connectivity index (χ2v) is 3.88. The minimum absolute atomic E-state index is 0.185. The molecular weight excluding hydrogens is 156 g/mol. The highest BCUT2D eigenvalue weighted by Gasteiger charge is 2.56. The summed E-state index contributed by atoms with van der Waals surface area (Å²) in [6.07, 6.45) is -0.185. The van der Waals surface area contributed by atoms with E-state index >= 15 is 0 Å². The van der Waals surface area contributed by atoms with Crippen LogP contribution < -0.4 is 0 Å². The average molecular weight is 170 g/mol. The first-order valence-corrected chi connectivity index (χ1v) is 4.19.